The topological polar surface area (TPSA) is 73.7 Å². The molecule has 6 nitrogen and oxygen atoms in total. The summed E-state index contributed by atoms with van der Waals surface area (Å²) < 4.78 is 25.3. The second kappa shape index (κ2) is 6.29. The van der Waals surface area contributed by atoms with Gasteiger partial charge in [-0.25, -0.2) is 17.7 Å². The second-order valence-electron chi connectivity index (χ2n) is 5.66. The molecule has 0 aromatic carbocycles. The van der Waals surface area contributed by atoms with E-state index >= 15 is 0 Å². The third-order valence-corrected chi connectivity index (χ3v) is 5.76. The minimum absolute atomic E-state index is 0.115. The highest BCUT2D eigenvalue weighted by molar-refractivity contribution is 7.89. The number of anilines is 1. The molecule has 21 heavy (non-hydrogen) atoms. The maximum absolute atomic E-state index is 12.0. The van der Waals surface area contributed by atoms with Crippen molar-refractivity contribution in [1.82, 2.24) is 9.29 Å². The highest BCUT2D eigenvalue weighted by Crippen LogP contribution is 2.26. The van der Waals surface area contributed by atoms with Crippen molar-refractivity contribution in [2.45, 2.75) is 25.4 Å². The van der Waals surface area contributed by atoms with Crippen LogP contribution in [-0.4, -0.2) is 60.8 Å². The molecule has 118 valence electrons. The maximum atomic E-state index is 12.0. The van der Waals surface area contributed by atoms with Gasteiger partial charge in [-0.3, -0.25) is 0 Å². The molecule has 0 radical (unpaired) electrons. The number of aromatic nitrogens is 1. The average molecular weight is 313 g/mol. The van der Waals surface area contributed by atoms with Crippen LogP contribution >= 0.6 is 0 Å². The maximum Gasteiger partial charge on any atom is 0.213 e. The lowest BCUT2D eigenvalue weighted by Crippen LogP contribution is -2.46. The number of aliphatic hydroxyl groups is 1. The molecule has 2 heterocycles. The quantitative estimate of drug-likeness (QED) is 0.836. The van der Waals surface area contributed by atoms with Gasteiger partial charge in [0.2, 0.25) is 10.0 Å². The van der Waals surface area contributed by atoms with Crippen molar-refractivity contribution in [2.24, 2.45) is 0 Å². The molecule has 7 heteroatoms. The summed E-state index contributed by atoms with van der Waals surface area (Å²) in [5.41, 5.74) is -1.02. The Balaban J connectivity index is 2.02. The highest BCUT2D eigenvalue weighted by atomic mass is 32.2. The van der Waals surface area contributed by atoms with E-state index in [4.69, 9.17) is 0 Å². The van der Waals surface area contributed by atoms with Crippen molar-refractivity contribution in [3.8, 4) is 0 Å². The fourth-order valence-corrected chi connectivity index (χ4v) is 3.91. The molecule has 1 fully saturated rings. The summed E-state index contributed by atoms with van der Waals surface area (Å²) in [6.45, 7) is 3.03. The smallest absolute Gasteiger partial charge is 0.213 e. The number of sulfonamides is 1. The first-order valence-corrected chi connectivity index (χ1v) is 8.80. The molecule has 1 saturated heterocycles. The van der Waals surface area contributed by atoms with Crippen LogP contribution in [0.5, 0.6) is 0 Å². The molecule has 0 amide bonds. The van der Waals surface area contributed by atoms with Crippen LogP contribution in [0.15, 0.2) is 24.4 Å². The Morgan fingerprint density at radius 2 is 2.24 bits per heavy atom. The van der Waals surface area contributed by atoms with E-state index in [1.165, 1.54) is 11.4 Å². The van der Waals surface area contributed by atoms with Gasteiger partial charge in [-0.1, -0.05) is 13.0 Å². The molecule has 0 unspecified atom stereocenters. The Morgan fingerprint density at radius 1 is 1.48 bits per heavy atom. The van der Waals surface area contributed by atoms with Gasteiger partial charge >= 0.3 is 0 Å². The molecule has 1 aromatic rings. The van der Waals surface area contributed by atoms with Crippen LogP contribution in [0.3, 0.4) is 0 Å². The molecule has 0 bridgehead atoms. The molecule has 2 rings (SSSR count). The van der Waals surface area contributed by atoms with Gasteiger partial charge in [0, 0.05) is 32.9 Å². The fourth-order valence-electron chi connectivity index (χ4n) is 2.65. The first-order valence-electron chi connectivity index (χ1n) is 7.19. The van der Waals surface area contributed by atoms with Crippen LogP contribution in [0.2, 0.25) is 0 Å². The van der Waals surface area contributed by atoms with Crippen LogP contribution in [0.1, 0.15) is 19.8 Å². The SMILES string of the molecule is CCCS(=O)(=O)N(C)C[C@@]1(O)CCN(c2ccccn2)C1. The monoisotopic (exact) mass is 313 g/mol. The predicted molar refractivity (Wildman–Crippen MR) is 82.7 cm³/mol. The van der Waals surface area contributed by atoms with Gasteiger partial charge in [0.05, 0.1) is 11.4 Å². The summed E-state index contributed by atoms with van der Waals surface area (Å²) in [6, 6.07) is 5.64. The van der Waals surface area contributed by atoms with E-state index in [0.29, 0.717) is 25.9 Å². The third-order valence-electron chi connectivity index (χ3n) is 3.76. The zero-order valence-electron chi connectivity index (χ0n) is 12.6. The molecule has 1 aliphatic heterocycles. The van der Waals surface area contributed by atoms with E-state index in [2.05, 4.69) is 4.98 Å². The molecule has 1 aliphatic rings. The molecule has 1 aromatic heterocycles. The lowest BCUT2D eigenvalue weighted by Gasteiger charge is -2.28. The number of β-amino-alcohol motifs (C(OH)–C–C–N with tert-alkyl or cyclic N) is 1. The zero-order valence-corrected chi connectivity index (χ0v) is 13.4. The zero-order chi connectivity index (χ0) is 15.5. The van der Waals surface area contributed by atoms with E-state index in [0.717, 1.165) is 5.82 Å². The van der Waals surface area contributed by atoms with Gasteiger partial charge in [-0.05, 0) is 25.0 Å². The Labute approximate surface area is 126 Å². The molecular weight excluding hydrogens is 290 g/mol. The standard InChI is InChI=1S/C14H23N3O3S/c1-3-10-21(19,20)16(2)11-14(18)7-9-17(12-14)13-6-4-5-8-15-13/h4-6,8,18H,3,7,9-12H2,1-2H3/t14-/m0/s1. The number of hydrogen-bond acceptors (Lipinski definition) is 5. The van der Waals surface area contributed by atoms with Crippen molar-refractivity contribution in [3.63, 3.8) is 0 Å². The van der Waals surface area contributed by atoms with Crippen LogP contribution in [-0.2, 0) is 10.0 Å². The van der Waals surface area contributed by atoms with Gasteiger partial charge in [-0.2, -0.15) is 0 Å². The Morgan fingerprint density at radius 3 is 2.86 bits per heavy atom. The second-order valence-corrected chi connectivity index (χ2v) is 7.85. The van der Waals surface area contributed by atoms with Crippen LogP contribution < -0.4 is 4.90 Å². The Kier molecular flexibility index (Phi) is 4.85. The summed E-state index contributed by atoms with van der Waals surface area (Å²) in [7, 11) is -1.74. The van der Waals surface area contributed by atoms with Crippen LogP contribution in [0, 0.1) is 0 Å². The van der Waals surface area contributed by atoms with Crippen LogP contribution in [0.4, 0.5) is 5.82 Å². The lowest BCUT2D eigenvalue weighted by molar-refractivity contribution is 0.0479. The van der Waals surface area contributed by atoms with Crippen molar-refractivity contribution in [2.75, 3.05) is 37.3 Å². The van der Waals surface area contributed by atoms with Crippen molar-refractivity contribution in [1.29, 1.82) is 0 Å². The van der Waals surface area contributed by atoms with Gasteiger partial charge in [0.1, 0.15) is 5.82 Å². The normalized spacial score (nSPS) is 23.0. The minimum Gasteiger partial charge on any atom is -0.387 e. The van der Waals surface area contributed by atoms with Gasteiger partial charge in [-0.15, -0.1) is 0 Å². The van der Waals surface area contributed by atoms with Gasteiger partial charge < -0.3 is 10.0 Å². The Hall–Kier alpha value is -1.18. The van der Waals surface area contributed by atoms with E-state index in [9.17, 15) is 13.5 Å². The fraction of sp³-hybridized carbons (Fsp3) is 0.643. The molecule has 1 N–H and O–H groups in total. The van der Waals surface area contributed by atoms with E-state index < -0.39 is 15.6 Å². The van der Waals surface area contributed by atoms with E-state index in [1.54, 1.807) is 6.20 Å². The number of rotatable bonds is 6. The lowest BCUT2D eigenvalue weighted by atomic mass is 10.0. The summed E-state index contributed by atoms with van der Waals surface area (Å²) >= 11 is 0. The summed E-state index contributed by atoms with van der Waals surface area (Å²) in [4.78, 5) is 6.25. The number of nitrogens with zero attached hydrogens (tertiary/aromatic N) is 3. The predicted octanol–water partition coefficient (Wildman–Crippen LogP) is 0.694. The van der Waals surface area contributed by atoms with E-state index in [-0.39, 0.29) is 12.3 Å². The number of hydrogen-bond donors (Lipinski definition) is 1. The first kappa shape index (κ1) is 16.2. The first-order chi connectivity index (χ1) is 9.86. The molecule has 0 spiro atoms. The van der Waals surface area contributed by atoms with Crippen molar-refractivity contribution < 1.29 is 13.5 Å². The third kappa shape index (κ3) is 3.93. The summed E-state index contributed by atoms with van der Waals surface area (Å²) in [5, 5.41) is 10.6. The van der Waals surface area contributed by atoms with Crippen molar-refractivity contribution in [3.05, 3.63) is 24.4 Å². The van der Waals surface area contributed by atoms with Gasteiger partial charge in [0.15, 0.2) is 0 Å². The number of pyridine rings is 1. The molecule has 1 atom stereocenters. The summed E-state index contributed by atoms with van der Waals surface area (Å²) in [6.07, 6.45) is 2.82. The summed E-state index contributed by atoms with van der Waals surface area (Å²) in [5.74, 6) is 0.927. The minimum atomic E-state index is -3.28. The largest absolute Gasteiger partial charge is 0.387 e. The Bertz CT molecular complexity index is 564. The van der Waals surface area contributed by atoms with Crippen LogP contribution in [0.25, 0.3) is 0 Å². The van der Waals surface area contributed by atoms with Gasteiger partial charge in [0.25, 0.3) is 0 Å². The molecular formula is C14H23N3O3S. The highest BCUT2D eigenvalue weighted by Gasteiger charge is 2.39. The van der Waals surface area contributed by atoms with E-state index in [1.807, 2.05) is 30.0 Å². The van der Waals surface area contributed by atoms with Crippen molar-refractivity contribution >= 4 is 15.8 Å². The molecule has 0 saturated carbocycles. The average Bonchev–Trinajstić information content (AvgIpc) is 2.82. The molecule has 0 aliphatic carbocycles. The number of likely N-dealkylation sites (N-methyl/N-ethyl adjacent to an activating group) is 1.